The monoisotopic (exact) mass is 278 g/mol. The second kappa shape index (κ2) is 6.44. The van der Waals surface area contributed by atoms with Gasteiger partial charge in [-0.05, 0) is 44.8 Å². The van der Waals surface area contributed by atoms with Gasteiger partial charge >= 0.3 is 6.18 Å². The van der Waals surface area contributed by atoms with Crippen LogP contribution in [0.5, 0.6) is 0 Å². The largest absolute Gasteiger partial charge is 0.393 e. The molecule has 2 nitrogen and oxygen atoms in total. The summed E-state index contributed by atoms with van der Waals surface area (Å²) in [4.78, 5) is 2.37. The normalized spacial score (nSPS) is 33.8. The molecule has 1 aliphatic heterocycles. The van der Waals surface area contributed by atoms with Crippen LogP contribution in [0.15, 0.2) is 0 Å². The molecule has 5 heteroatoms. The second-order valence-corrected chi connectivity index (χ2v) is 6.00. The Kier molecular flexibility index (Phi) is 5.12. The van der Waals surface area contributed by atoms with Gasteiger partial charge in [-0.3, -0.25) is 0 Å². The Morgan fingerprint density at radius 1 is 1.16 bits per heavy atom. The lowest BCUT2D eigenvalue weighted by Crippen LogP contribution is -2.47. The quantitative estimate of drug-likeness (QED) is 0.850. The molecular weight excluding hydrogens is 253 g/mol. The van der Waals surface area contributed by atoms with E-state index in [4.69, 9.17) is 0 Å². The molecular formula is C14H25F3N2. The first-order chi connectivity index (χ1) is 9.00. The van der Waals surface area contributed by atoms with E-state index < -0.39 is 12.1 Å². The van der Waals surface area contributed by atoms with E-state index >= 15 is 0 Å². The topological polar surface area (TPSA) is 15.3 Å². The zero-order valence-electron chi connectivity index (χ0n) is 11.7. The van der Waals surface area contributed by atoms with Gasteiger partial charge in [0.15, 0.2) is 0 Å². The van der Waals surface area contributed by atoms with Crippen LogP contribution in [-0.2, 0) is 0 Å². The summed E-state index contributed by atoms with van der Waals surface area (Å²) >= 11 is 0. The molecule has 0 spiro atoms. The number of rotatable bonds is 4. The minimum absolute atomic E-state index is 0.299. The van der Waals surface area contributed by atoms with Crippen molar-refractivity contribution in [3.8, 4) is 0 Å². The highest BCUT2D eigenvalue weighted by Gasteiger charge is 2.45. The summed E-state index contributed by atoms with van der Waals surface area (Å²) in [5, 5.41) is 3.22. The van der Waals surface area contributed by atoms with Crippen LogP contribution >= 0.6 is 0 Å². The standard InChI is InChI=1S/C14H25F3N2/c1-2-19-8-7-11(10-19)9-18-13-6-4-3-5-12(13)14(15,16)17/h11-13,18H,2-10H2,1H3. The van der Waals surface area contributed by atoms with E-state index in [-0.39, 0.29) is 6.04 Å². The van der Waals surface area contributed by atoms with Gasteiger partial charge in [0, 0.05) is 12.6 Å². The molecule has 3 atom stereocenters. The highest BCUT2D eigenvalue weighted by Crippen LogP contribution is 2.37. The number of hydrogen-bond donors (Lipinski definition) is 1. The van der Waals surface area contributed by atoms with Gasteiger partial charge in [-0.1, -0.05) is 19.8 Å². The summed E-state index contributed by atoms with van der Waals surface area (Å²) in [5.74, 6) is -0.610. The van der Waals surface area contributed by atoms with E-state index in [2.05, 4.69) is 17.1 Å². The Balaban J connectivity index is 1.80. The fourth-order valence-electron chi connectivity index (χ4n) is 3.45. The van der Waals surface area contributed by atoms with Crippen molar-refractivity contribution in [1.29, 1.82) is 0 Å². The Labute approximate surface area is 113 Å². The molecule has 0 amide bonds. The molecule has 0 aromatic heterocycles. The second-order valence-electron chi connectivity index (χ2n) is 6.00. The molecule has 112 valence electrons. The van der Waals surface area contributed by atoms with Crippen LogP contribution in [0.2, 0.25) is 0 Å². The van der Waals surface area contributed by atoms with Crippen molar-refractivity contribution < 1.29 is 13.2 Å². The van der Waals surface area contributed by atoms with Gasteiger partial charge in [-0.15, -0.1) is 0 Å². The fourth-order valence-corrected chi connectivity index (χ4v) is 3.45. The predicted molar refractivity (Wildman–Crippen MR) is 70.0 cm³/mol. The average Bonchev–Trinajstić information content (AvgIpc) is 2.83. The van der Waals surface area contributed by atoms with E-state index in [0.29, 0.717) is 18.8 Å². The van der Waals surface area contributed by atoms with Gasteiger partial charge in [0.25, 0.3) is 0 Å². The van der Waals surface area contributed by atoms with Crippen molar-refractivity contribution in [3.63, 3.8) is 0 Å². The average molecular weight is 278 g/mol. The lowest BCUT2D eigenvalue weighted by Gasteiger charge is -2.34. The number of alkyl halides is 3. The zero-order chi connectivity index (χ0) is 13.9. The molecule has 0 aromatic rings. The Morgan fingerprint density at radius 2 is 1.89 bits per heavy atom. The van der Waals surface area contributed by atoms with Crippen LogP contribution in [0, 0.1) is 11.8 Å². The zero-order valence-corrected chi connectivity index (χ0v) is 11.7. The fraction of sp³-hybridized carbons (Fsp3) is 1.00. The van der Waals surface area contributed by atoms with Crippen LogP contribution in [0.3, 0.4) is 0 Å². The van der Waals surface area contributed by atoms with Gasteiger partial charge in [-0.2, -0.15) is 13.2 Å². The minimum atomic E-state index is -4.04. The van der Waals surface area contributed by atoms with Crippen molar-refractivity contribution in [2.24, 2.45) is 11.8 Å². The maximum atomic E-state index is 13.0. The maximum Gasteiger partial charge on any atom is 0.393 e. The SMILES string of the molecule is CCN1CCC(CNC2CCCCC2C(F)(F)F)C1. The molecule has 0 bridgehead atoms. The van der Waals surface area contributed by atoms with E-state index in [0.717, 1.165) is 45.4 Å². The summed E-state index contributed by atoms with van der Waals surface area (Å²) in [7, 11) is 0. The number of likely N-dealkylation sites (tertiary alicyclic amines) is 1. The molecule has 2 aliphatic rings. The summed E-state index contributed by atoms with van der Waals surface area (Å²) in [6, 6.07) is -0.357. The summed E-state index contributed by atoms with van der Waals surface area (Å²) in [6.45, 7) is 6.05. The van der Waals surface area contributed by atoms with Gasteiger partial charge < -0.3 is 10.2 Å². The van der Waals surface area contributed by atoms with Gasteiger partial charge in [0.2, 0.25) is 0 Å². The van der Waals surface area contributed by atoms with Crippen LogP contribution in [0.1, 0.15) is 39.0 Å². The van der Waals surface area contributed by atoms with Crippen molar-refractivity contribution in [2.45, 2.75) is 51.2 Å². The molecule has 1 saturated heterocycles. The Hall–Kier alpha value is -0.290. The van der Waals surface area contributed by atoms with E-state index in [1.165, 1.54) is 0 Å². The van der Waals surface area contributed by atoms with Crippen LogP contribution in [-0.4, -0.2) is 43.3 Å². The number of nitrogens with one attached hydrogen (secondary N) is 1. The van der Waals surface area contributed by atoms with Crippen LogP contribution in [0.4, 0.5) is 13.2 Å². The molecule has 0 radical (unpaired) electrons. The van der Waals surface area contributed by atoms with E-state index in [1.54, 1.807) is 0 Å². The minimum Gasteiger partial charge on any atom is -0.313 e. The first-order valence-corrected chi connectivity index (χ1v) is 7.53. The van der Waals surface area contributed by atoms with Crippen LogP contribution in [0.25, 0.3) is 0 Å². The number of hydrogen-bond acceptors (Lipinski definition) is 2. The van der Waals surface area contributed by atoms with Crippen molar-refractivity contribution in [1.82, 2.24) is 10.2 Å². The molecule has 3 unspecified atom stereocenters. The van der Waals surface area contributed by atoms with Crippen molar-refractivity contribution in [3.05, 3.63) is 0 Å². The molecule has 0 aromatic carbocycles. The summed E-state index contributed by atoms with van der Waals surface area (Å²) in [6.07, 6.45) is -0.305. The van der Waals surface area contributed by atoms with E-state index in [1.807, 2.05) is 0 Å². The first kappa shape index (κ1) is 15.1. The highest BCUT2D eigenvalue weighted by atomic mass is 19.4. The van der Waals surface area contributed by atoms with Gasteiger partial charge in [0.05, 0.1) is 5.92 Å². The smallest absolute Gasteiger partial charge is 0.313 e. The van der Waals surface area contributed by atoms with E-state index in [9.17, 15) is 13.2 Å². The predicted octanol–water partition coefficient (Wildman–Crippen LogP) is 3.04. The molecule has 1 saturated carbocycles. The van der Waals surface area contributed by atoms with Gasteiger partial charge in [0.1, 0.15) is 0 Å². The molecule has 19 heavy (non-hydrogen) atoms. The summed E-state index contributed by atoms with van der Waals surface area (Å²) < 4.78 is 38.9. The lowest BCUT2D eigenvalue weighted by molar-refractivity contribution is -0.189. The van der Waals surface area contributed by atoms with Crippen molar-refractivity contribution >= 4 is 0 Å². The summed E-state index contributed by atoms with van der Waals surface area (Å²) in [5.41, 5.74) is 0. The Bertz CT molecular complexity index is 280. The third-order valence-electron chi connectivity index (χ3n) is 4.67. The molecule has 1 aliphatic carbocycles. The lowest BCUT2D eigenvalue weighted by atomic mass is 9.83. The molecule has 1 heterocycles. The number of halogens is 3. The van der Waals surface area contributed by atoms with Gasteiger partial charge in [-0.25, -0.2) is 0 Å². The first-order valence-electron chi connectivity index (χ1n) is 7.53. The number of nitrogens with zero attached hydrogens (tertiary/aromatic N) is 1. The Morgan fingerprint density at radius 3 is 2.53 bits per heavy atom. The molecule has 2 fully saturated rings. The van der Waals surface area contributed by atoms with Crippen molar-refractivity contribution in [2.75, 3.05) is 26.2 Å². The maximum absolute atomic E-state index is 13.0. The third kappa shape index (κ3) is 4.09. The third-order valence-corrected chi connectivity index (χ3v) is 4.67. The van der Waals surface area contributed by atoms with Crippen LogP contribution < -0.4 is 5.32 Å². The molecule has 2 rings (SSSR count). The highest BCUT2D eigenvalue weighted by molar-refractivity contribution is 4.87. The molecule has 1 N–H and O–H groups in total.